The first-order valence-electron chi connectivity index (χ1n) is 9.86. The van der Waals surface area contributed by atoms with Crippen molar-refractivity contribution in [3.63, 3.8) is 0 Å². The minimum Gasteiger partial charge on any atom is -0.497 e. The zero-order valence-electron chi connectivity index (χ0n) is 17.6. The molecule has 0 unspecified atom stereocenters. The highest BCUT2D eigenvalue weighted by atomic mass is 16.5. The Morgan fingerprint density at radius 2 is 1.69 bits per heavy atom. The lowest BCUT2D eigenvalue weighted by molar-refractivity contribution is -0.118. The molecule has 0 bridgehead atoms. The Morgan fingerprint density at radius 1 is 0.938 bits per heavy atom. The van der Waals surface area contributed by atoms with Gasteiger partial charge in [0.2, 0.25) is 11.2 Å². The lowest BCUT2D eigenvalue weighted by atomic mass is 10.1. The fraction of sp³-hybridized carbons (Fsp3) is 0.120. The molecule has 0 aliphatic heterocycles. The van der Waals surface area contributed by atoms with Crippen LogP contribution in [0.15, 0.2) is 82.0 Å². The highest BCUT2D eigenvalue weighted by Gasteiger charge is 2.19. The minimum absolute atomic E-state index is 0.0215. The number of fused-ring (bicyclic) bond motifs is 1. The SMILES string of the molecule is COc1ccc(NC(=O)COc2c(-c3ccccc3)oc3ccccc3c2=O)c(OC)c1. The average molecular weight is 431 g/mol. The monoisotopic (exact) mass is 431 g/mol. The van der Waals surface area contributed by atoms with E-state index >= 15 is 0 Å². The van der Waals surface area contributed by atoms with Gasteiger partial charge in [0.1, 0.15) is 17.1 Å². The Kier molecular flexibility index (Phi) is 6.07. The number of carbonyl (C=O) groups is 1. The highest BCUT2D eigenvalue weighted by molar-refractivity contribution is 5.93. The number of hydrogen-bond donors (Lipinski definition) is 1. The molecule has 0 radical (unpaired) electrons. The van der Waals surface area contributed by atoms with Gasteiger partial charge in [0, 0.05) is 11.6 Å². The zero-order chi connectivity index (χ0) is 22.5. The lowest BCUT2D eigenvalue weighted by Crippen LogP contribution is -2.23. The molecule has 3 aromatic carbocycles. The predicted molar refractivity (Wildman–Crippen MR) is 122 cm³/mol. The van der Waals surface area contributed by atoms with E-state index in [0.717, 1.165) is 0 Å². The summed E-state index contributed by atoms with van der Waals surface area (Å²) < 4.78 is 22.1. The van der Waals surface area contributed by atoms with E-state index in [2.05, 4.69) is 5.32 Å². The maximum absolute atomic E-state index is 13.1. The van der Waals surface area contributed by atoms with Crippen molar-refractivity contribution in [3.8, 4) is 28.6 Å². The number of para-hydroxylation sites is 1. The van der Waals surface area contributed by atoms with Crippen LogP contribution in [0.1, 0.15) is 0 Å². The Morgan fingerprint density at radius 3 is 2.44 bits per heavy atom. The molecule has 0 fully saturated rings. The Labute approximate surface area is 184 Å². The number of hydrogen-bond acceptors (Lipinski definition) is 6. The molecule has 1 heterocycles. The lowest BCUT2D eigenvalue weighted by Gasteiger charge is -2.13. The van der Waals surface area contributed by atoms with Gasteiger partial charge in [-0.3, -0.25) is 9.59 Å². The van der Waals surface area contributed by atoms with Gasteiger partial charge >= 0.3 is 0 Å². The number of carbonyl (C=O) groups excluding carboxylic acids is 1. The van der Waals surface area contributed by atoms with E-state index in [4.69, 9.17) is 18.6 Å². The third kappa shape index (κ3) is 4.27. The van der Waals surface area contributed by atoms with Crippen LogP contribution in [0, 0.1) is 0 Å². The van der Waals surface area contributed by atoms with Gasteiger partial charge in [-0.2, -0.15) is 0 Å². The molecule has 0 atom stereocenters. The topological polar surface area (TPSA) is 87.0 Å². The molecule has 7 heteroatoms. The molecule has 4 aromatic rings. The molecular weight excluding hydrogens is 410 g/mol. The van der Waals surface area contributed by atoms with Crippen molar-refractivity contribution in [1.82, 2.24) is 0 Å². The van der Waals surface area contributed by atoms with E-state index in [1.807, 2.05) is 30.3 Å². The van der Waals surface area contributed by atoms with Gasteiger partial charge in [-0.1, -0.05) is 42.5 Å². The second-order valence-corrected chi connectivity index (χ2v) is 6.85. The molecule has 32 heavy (non-hydrogen) atoms. The van der Waals surface area contributed by atoms with E-state index in [1.165, 1.54) is 7.11 Å². The summed E-state index contributed by atoms with van der Waals surface area (Å²) in [5.41, 5.74) is 1.22. The summed E-state index contributed by atoms with van der Waals surface area (Å²) in [6, 6.07) is 21.1. The summed E-state index contributed by atoms with van der Waals surface area (Å²) in [6.07, 6.45) is 0. The van der Waals surface area contributed by atoms with Crippen LogP contribution < -0.4 is 25.0 Å². The molecule has 162 valence electrons. The normalized spacial score (nSPS) is 10.6. The number of anilines is 1. The quantitative estimate of drug-likeness (QED) is 0.464. The van der Waals surface area contributed by atoms with Gasteiger partial charge < -0.3 is 23.9 Å². The first kappa shape index (κ1) is 21.0. The van der Waals surface area contributed by atoms with Gasteiger partial charge in [-0.25, -0.2) is 0 Å². The Bertz CT molecular complexity index is 1310. The van der Waals surface area contributed by atoms with Crippen LogP contribution in [-0.4, -0.2) is 26.7 Å². The van der Waals surface area contributed by atoms with E-state index in [9.17, 15) is 9.59 Å². The van der Waals surface area contributed by atoms with Crippen molar-refractivity contribution in [2.75, 3.05) is 26.1 Å². The number of methoxy groups -OCH3 is 2. The molecule has 0 saturated carbocycles. The van der Waals surface area contributed by atoms with Gasteiger partial charge in [-0.05, 0) is 24.3 Å². The molecule has 7 nitrogen and oxygen atoms in total. The second-order valence-electron chi connectivity index (χ2n) is 6.85. The molecule has 0 aliphatic rings. The first-order chi connectivity index (χ1) is 15.6. The molecule has 0 spiro atoms. The third-order valence-electron chi connectivity index (χ3n) is 4.82. The molecule has 1 N–H and O–H groups in total. The summed E-state index contributed by atoms with van der Waals surface area (Å²) in [7, 11) is 3.04. The number of nitrogens with one attached hydrogen (secondary N) is 1. The van der Waals surface area contributed by atoms with E-state index in [-0.39, 0.29) is 16.9 Å². The number of ether oxygens (including phenoxy) is 3. The molecule has 4 rings (SSSR count). The summed E-state index contributed by atoms with van der Waals surface area (Å²) in [5, 5.41) is 3.10. The first-order valence-corrected chi connectivity index (χ1v) is 9.86. The summed E-state index contributed by atoms with van der Waals surface area (Å²) in [6.45, 7) is -0.391. The van der Waals surface area contributed by atoms with Crippen LogP contribution in [0.3, 0.4) is 0 Å². The van der Waals surface area contributed by atoms with Crippen molar-refractivity contribution in [2.45, 2.75) is 0 Å². The van der Waals surface area contributed by atoms with Crippen molar-refractivity contribution >= 4 is 22.6 Å². The fourth-order valence-electron chi connectivity index (χ4n) is 3.26. The highest BCUT2D eigenvalue weighted by Crippen LogP contribution is 2.31. The zero-order valence-corrected chi connectivity index (χ0v) is 17.6. The van der Waals surface area contributed by atoms with Crippen molar-refractivity contribution < 1.29 is 23.4 Å². The van der Waals surface area contributed by atoms with E-state index in [1.54, 1.807) is 49.6 Å². The molecular formula is C25H21NO6. The minimum atomic E-state index is -0.458. The molecule has 1 aromatic heterocycles. The standard InChI is InChI=1S/C25H21NO6/c1-29-17-12-13-19(21(14-17)30-2)26-22(27)15-31-25-23(28)18-10-6-7-11-20(18)32-24(25)16-8-4-3-5-9-16/h3-14H,15H2,1-2H3,(H,26,27). The fourth-order valence-corrected chi connectivity index (χ4v) is 3.26. The van der Waals surface area contributed by atoms with E-state index < -0.39 is 12.5 Å². The molecule has 0 saturated heterocycles. The van der Waals surface area contributed by atoms with Crippen molar-refractivity contribution in [2.24, 2.45) is 0 Å². The van der Waals surface area contributed by atoms with Crippen LogP contribution >= 0.6 is 0 Å². The van der Waals surface area contributed by atoms with Gasteiger partial charge in [0.05, 0.1) is 25.3 Å². The number of benzene rings is 3. The van der Waals surface area contributed by atoms with Crippen LogP contribution in [-0.2, 0) is 4.79 Å². The van der Waals surface area contributed by atoms with Crippen molar-refractivity contribution in [1.29, 1.82) is 0 Å². The summed E-state index contributed by atoms with van der Waals surface area (Å²) in [5.74, 6) is 0.821. The van der Waals surface area contributed by atoms with Crippen LogP contribution in [0.4, 0.5) is 5.69 Å². The average Bonchev–Trinajstić information content (AvgIpc) is 2.84. The molecule has 0 aliphatic carbocycles. The Hall–Kier alpha value is -4.26. The maximum atomic E-state index is 13.1. The summed E-state index contributed by atoms with van der Waals surface area (Å²) >= 11 is 0. The maximum Gasteiger partial charge on any atom is 0.262 e. The van der Waals surface area contributed by atoms with Crippen LogP contribution in [0.25, 0.3) is 22.3 Å². The van der Waals surface area contributed by atoms with Gasteiger partial charge in [0.15, 0.2) is 12.4 Å². The second kappa shape index (κ2) is 9.26. The van der Waals surface area contributed by atoms with Gasteiger partial charge in [-0.15, -0.1) is 0 Å². The third-order valence-corrected chi connectivity index (χ3v) is 4.82. The van der Waals surface area contributed by atoms with E-state index in [0.29, 0.717) is 33.7 Å². The van der Waals surface area contributed by atoms with Crippen LogP contribution in [0.5, 0.6) is 17.2 Å². The van der Waals surface area contributed by atoms with Gasteiger partial charge in [0.25, 0.3) is 5.91 Å². The predicted octanol–water partition coefficient (Wildman–Crippen LogP) is 4.49. The van der Waals surface area contributed by atoms with Crippen LogP contribution in [0.2, 0.25) is 0 Å². The summed E-state index contributed by atoms with van der Waals surface area (Å²) in [4.78, 5) is 25.7. The number of rotatable bonds is 7. The van der Waals surface area contributed by atoms with Crippen molar-refractivity contribution in [3.05, 3.63) is 83.0 Å². The molecule has 1 amide bonds. The largest absolute Gasteiger partial charge is 0.497 e. The number of amides is 1. The Balaban J connectivity index is 1.62. The smallest absolute Gasteiger partial charge is 0.262 e.